The highest BCUT2D eigenvalue weighted by molar-refractivity contribution is 7.99. The number of hydrogen-bond acceptors (Lipinski definition) is 3. The topological polar surface area (TPSA) is 26.3 Å². The van der Waals surface area contributed by atoms with Crippen LogP contribution in [0.4, 0.5) is 4.79 Å². The van der Waals surface area contributed by atoms with Crippen LogP contribution in [-0.4, -0.2) is 16.6 Å². The van der Waals surface area contributed by atoms with Gasteiger partial charge in [0, 0.05) is 11.6 Å². The van der Waals surface area contributed by atoms with E-state index in [0.717, 1.165) is 18.6 Å². The van der Waals surface area contributed by atoms with Crippen molar-refractivity contribution in [3.8, 4) is 0 Å². The Morgan fingerprint density at radius 3 is 2.90 bits per heavy atom. The fraction of sp³-hybridized carbons (Fsp3) is 0.833. The maximum absolute atomic E-state index is 10.2. The summed E-state index contributed by atoms with van der Waals surface area (Å²) in [6.45, 7) is 0. The van der Waals surface area contributed by atoms with E-state index in [4.69, 9.17) is 16.3 Å². The molecule has 1 aliphatic rings. The number of carbonyl (C=O) groups is 1. The second-order valence-electron chi connectivity index (χ2n) is 2.15. The number of halogens is 1. The van der Waals surface area contributed by atoms with Crippen molar-refractivity contribution in [2.45, 2.75) is 24.7 Å². The first-order valence-corrected chi connectivity index (χ1v) is 4.69. The van der Waals surface area contributed by atoms with Gasteiger partial charge in [0.25, 0.3) is 0 Å². The molecule has 0 aliphatic carbocycles. The molecule has 2 nitrogen and oxygen atoms in total. The van der Waals surface area contributed by atoms with Crippen LogP contribution >= 0.6 is 23.4 Å². The van der Waals surface area contributed by atoms with Gasteiger partial charge in [-0.05, 0) is 25.0 Å². The maximum atomic E-state index is 10.2. The van der Waals surface area contributed by atoms with Crippen LogP contribution in [0.15, 0.2) is 0 Å². The molecule has 0 aromatic carbocycles. The summed E-state index contributed by atoms with van der Waals surface area (Å²) in [6.07, 6.45) is 3.31. The Kier molecular flexibility index (Phi) is 3.35. The van der Waals surface area contributed by atoms with Crippen molar-refractivity contribution in [3.05, 3.63) is 0 Å². The third-order valence-electron chi connectivity index (χ3n) is 1.36. The highest BCUT2D eigenvalue weighted by atomic mass is 35.5. The van der Waals surface area contributed by atoms with Gasteiger partial charge in [-0.1, -0.05) is 0 Å². The molecule has 1 atom stereocenters. The average molecular weight is 181 g/mol. The molecule has 58 valence electrons. The molecule has 0 aromatic heterocycles. The van der Waals surface area contributed by atoms with Crippen LogP contribution in [0.25, 0.3) is 0 Å². The molecular formula is C6H9ClO2S. The van der Waals surface area contributed by atoms with E-state index in [-0.39, 0.29) is 5.44 Å². The predicted octanol–water partition coefficient (Wildman–Crippen LogP) is 2.61. The zero-order chi connectivity index (χ0) is 7.40. The molecule has 0 saturated carbocycles. The number of ether oxygens (including phenoxy) is 1. The third kappa shape index (κ3) is 2.80. The molecule has 0 amide bonds. The quantitative estimate of drug-likeness (QED) is 0.581. The van der Waals surface area contributed by atoms with Gasteiger partial charge in [-0.15, -0.1) is 11.8 Å². The van der Waals surface area contributed by atoms with Crippen molar-refractivity contribution in [1.29, 1.82) is 0 Å². The van der Waals surface area contributed by atoms with Crippen molar-refractivity contribution in [2.75, 3.05) is 5.75 Å². The largest absolute Gasteiger partial charge is 0.439 e. The molecule has 10 heavy (non-hydrogen) atoms. The Balaban J connectivity index is 2.19. The Morgan fingerprint density at radius 2 is 2.40 bits per heavy atom. The summed E-state index contributed by atoms with van der Waals surface area (Å²) in [5.74, 6) is 1.08. The van der Waals surface area contributed by atoms with E-state index in [1.807, 2.05) is 0 Å². The monoisotopic (exact) mass is 180 g/mol. The standard InChI is InChI=1S/C6H9ClO2S/c7-6(8)9-5-3-1-2-4-10-5/h5H,1-4H2. The summed E-state index contributed by atoms with van der Waals surface area (Å²) in [6, 6.07) is 0. The van der Waals surface area contributed by atoms with Gasteiger partial charge in [-0.2, -0.15) is 0 Å². The molecule has 1 saturated heterocycles. The van der Waals surface area contributed by atoms with Gasteiger partial charge < -0.3 is 4.74 Å². The molecule has 1 fully saturated rings. The van der Waals surface area contributed by atoms with Crippen molar-refractivity contribution >= 4 is 28.8 Å². The summed E-state index contributed by atoms with van der Waals surface area (Å²) in [5, 5.41) is 0. The molecule has 0 spiro atoms. The Hall–Kier alpha value is 0.110. The van der Waals surface area contributed by atoms with E-state index in [1.54, 1.807) is 11.8 Å². The third-order valence-corrected chi connectivity index (χ3v) is 2.68. The summed E-state index contributed by atoms with van der Waals surface area (Å²) in [5.41, 5.74) is -0.668. The zero-order valence-electron chi connectivity index (χ0n) is 5.51. The van der Waals surface area contributed by atoms with Crippen LogP contribution in [0, 0.1) is 0 Å². The smallest absolute Gasteiger partial charge is 0.404 e. The van der Waals surface area contributed by atoms with Crippen LogP contribution in [0.1, 0.15) is 19.3 Å². The maximum Gasteiger partial charge on any atom is 0.404 e. The van der Waals surface area contributed by atoms with Crippen molar-refractivity contribution in [1.82, 2.24) is 0 Å². The van der Waals surface area contributed by atoms with E-state index in [2.05, 4.69) is 0 Å². The van der Waals surface area contributed by atoms with Gasteiger partial charge in [0.1, 0.15) is 5.44 Å². The molecule has 0 bridgehead atoms. The van der Waals surface area contributed by atoms with E-state index in [1.165, 1.54) is 6.42 Å². The van der Waals surface area contributed by atoms with Gasteiger partial charge in [0.2, 0.25) is 0 Å². The fourth-order valence-electron chi connectivity index (χ4n) is 0.907. The van der Waals surface area contributed by atoms with E-state index in [9.17, 15) is 4.79 Å². The second-order valence-corrected chi connectivity index (χ2v) is 3.73. The Labute approximate surface area is 69.3 Å². The lowest BCUT2D eigenvalue weighted by Crippen LogP contribution is -2.14. The summed E-state index contributed by atoms with van der Waals surface area (Å²) >= 11 is 6.70. The first kappa shape index (κ1) is 8.21. The Bertz CT molecular complexity index is 123. The number of rotatable bonds is 1. The highest BCUT2D eigenvalue weighted by Crippen LogP contribution is 2.26. The number of carbonyl (C=O) groups excluding carboxylic acids is 1. The van der Waals surface area contributed by atoms with Gasteiger partial charge >= 0.3 is 5.43 Å². The molecule has 1 unspecified atom stereocenters. The summed E-state index contributed by atoms with van der Waals surface area (Å²) in [4.78, 5) is 10.2. The predicted molar refractivity (Wildman–Crippen MR) is 42.4 cm³/mol. The average Bonchev–Trinajstić information content (AvgIpc) is 1.88. The van der Waals surface area contributed by atoms with E-state index < -0.39 is 5.43 Å². The van der Waals surface area contributed by atoms with Gasteiger partial charge in [-0.25, -0.2) is 4.79 Å². The van der Waals surface area contributed by atoms with Crippen LogP contribution in [0.3, 0.4) is 0 Å². The SMILES string of the molecule is O=C(Cl)OC1CCCCS1. The normalized spacial score (nSPS) is 25.9. The zero-order valence-corrected chi connectivity index (χ0v) is 7.08. The summed E-state index contributed by atoms with van der Waals surface area (Å²) < 4.78 is 4.78. The second kappa shape index (κ2) is 4.09. The lowest BCUT2D eigenvalue weighted by molar-refractivity contribution is 0.156. The van der Waals surface area contributed by atoms with E-state index in [0.29, 0.717) is 0 Å². The minimum absolute atomic E-state index is 0.0127. The molecule has 0 N–H and O–H groups in total. The molecule has 1 heterocycles. The van der Waals surface area contributed by atoms with Crippen LogP contribution in [-0.2, 0) is 4.74 Å². The summed E-state index contributed by atoms with van der Waals surface area (Å²) in [7, 11) is 0. The molecule has 0 radical (unpaired) electrons. The number of thioether (sulfide) groups is 1. The molecule has 1 rings (SSSR count). The van der Waals surface area contributed by atoms with Crippen LogP contribution in [0.5, 0.6) is 0 Å². The Morgan fingerprint density at radius 1 is 1.60 bits per heavy atom. The number of hydrogen-bond donors (Lipinski definition) is 0. The molecule has 1 aliphatic heterocycles. The lowest BCUT2D eigenvalue weighted by atomic mass is 10.2. The minimum atomic E-state index is -0.681. The first-order chi connectivity index (χ1) is 4.79. The molecule has 0 aromatic rings. The van der Waals surface area contributed by atoms with Gasteiger partial charge in [0.15, 0.2) is 0 Å². The van der Waals surface area contributed by atoms with Crippen molar-refractivity contribution in [3.63, 3.8) is 0 Å². The lowest BCUT2D eigenvalue weighted by Gasteiger charge is -2.19. The van der Waals surface area contributed by atoms with Crippen LogP contribution in [0.2, 0.25) is 0 Å². The fourth-order valence-corrected chi connectivity index (χ4v) is 2.19. The first-order valence-electron chi connectivity index (χ1n) is 3.27. The van der Waals surface area contributed by atoms with E-state index >= 15 is 0 Å². The van der Waals surface area contributed by atoms with Gasteiger partial charge in [0.05, 0.1) is 0 Å². The molecule has 4 heteroatoms. The van der Waals surface area contributed by atoms with Gasteiger partial charge in [-0.3, -0.25) is 0 Å². The minimum Gasteiger partial charge on any atom is -0.439 e. The molecular weight excluding hydrogens is 172 g/mol. The van der Waals surface area contributed by atoms with Crippen molar-refractivity contribution < 1.29 is 9.53 Å². The highest BCUT2D eigenvalue weighted by Gasteiger charge is 2.16. The van der Waals surface area contributed by atoms with Crippen LogP contribution < -0.4 is 0 Å². The van der Waals surface area contributed by atoms with Crippen molar-refractivity contribution in [2.24, 2.45) is 0 Å².